The van der Waals surface area contributed by atoms with E-state index < -0.39 is 22.2 Å². The molecule has 0 radical (unpaired) electrons. The van der Waals surface area contributed by atoms with Gasteiger partial charge in [0.25, 0.3) is 16.1 Å². The molecular weight excluding hydrogens is 450 g/mol. The number of carbonyl (C=O) groups excluding carboxylic acids is 1. The third-order valence-corrected chi connectivity index (χ3v) is 5.14. The van der Waals surface area contributed by atoms with Crippen molar-refractivity contribution in [3.63, 3.8) is 0 Å². The Morgan fingerprint density at radius 2 is 1.94 bits per heavy atom. The van der Waals surface area contributed by atoms with E-state index in [9.17, 15) is 18.3 Å². The van der Waals surface area contributed by atoms with Gasteiger partial charge in [-0.05, 0) is 55.0 Å². The van der Waals surface area contributed by atoms with Gasteiger partial charge in [-0.3, -0.25) is 10.2 Å². The molecule has 0 aliphatic carbocycles. The van der Waals surface area contributed by atoms with Gasteiger partial charge in [-0.1, -0.05) is 0 Å². The summed E-state index contributed by atoms with van der Waals surface area (Å²) in [6.45, 7) is 2.01. The van der Waals surface area contributed by atoms with E-state index in [2.05, 4.69) is 5.32 Å². The Labute approximate surface area is 190 Å². The Morgan fingerprint density at radius 1 is 1.24 bits per heavy atom. The molecular formula is C21H25N5O6S. The summed E-state index contributed by atoms with van der Waals surface area (Å²) in [7, 11) is -4.31. The van der Waals surface area contributed by atoms with Crippen molar-refractivity contribution in [3.8, 4) is 5.75 Å². The van der Waals surface area contributed by atoms with Crippen LogP contribution in [0.15, 0.2) is 46.9 Å². The van der Waals surface area contributed by atoms with Crippen LogP contribution in [0.2, 0.25) is 0 Å². The Kier molecular flexibility index (Phi) is 7.21. The predicted molar refractivity (Wildman–Crippen MR) is 123 cm³/mol. The van der Waals surface area contributed by atoms with E-state index in [1.54, 1.807) is 54.1 Å². The van der Waals surface area contributed by atoms with Gasteiger partial charge in [-0.25, -0.2) is 9.86 Å². The van der Waals surface area contributed by atoms with Crippen LogP contribution in [0.25, 0.3) is 11.0 Å². The molecule has 12 heteroatoms. The monoisotopic (exact) mass is 475 g/mol. The molecule has 0 saturated heterocycles. The molecule has 1 amide bonds. The molecule has 1 heterocycles. The molecule has 0 spiro atoms. The molecule has 0 aliphatic rings. The number of aliphatic hydroxyl groups excluding tert-OH is 1. The van der Waals surface area contributed by atoms with E-state index in [0.29, 0.717) is 52.3 Å². The molecule has 3 rings (SSSR count). The first-order valence-electron chi connectivity index (χ1n) is 9.96. The summed E-state index contributed by atoms with van der Waals surface area (Å²) in [5, 5.41) is 25.3. The zero-order chi connectivity index (χ0) is 24.2. The first-order valence-corrected chi connectivity index (χ1v) is 11.5. The molecule has 0 fully saturated rings. The van der Waals surface area contributed by atoms with Crippen LogP contribution in [0.4, 0.5) is 5.69 Å². The topological polar surface area (TPSA) is 194 Å². The number of hydrogen-bond acceptors (Lipinski definition) is 8. The fourth-order valence-electron chi connectivity index (χ4n) is 3.27. The maximum Gasteiger partial charge on any atom is 0.298 e. The zero-order valence-corrected chi connectivity index (χ0v) is 18.6. The Balaban J connectivity index is 2.07. The summed E-state index contributed by atoms with van der Waals surface area (Å²) in [5.74, 6) is -0.134. The van der Waals surface area contributed by atoms with E-state index in [1.807, 2.05) is 0 Å². The number of rotatable bonds is 10. The van der Waals surface area contributed by atoms with Crippen LogP contribution < -0.4 is 25.6 Å². The highest BCUT2D eigenvalue weighted by Gasteiger charge is 2.26. The average Bonchev–Trinajstić information content (AvgIpc) is 3.14. The molecule has 0 saturated carbocycles. The van der Waals surface area contributed by atoms with Crippen molar-refractivity contribution in [2.75, 3.05) is 18.5 Å². The van der Waals surface area contributed by atoms with E-state index in [-0.39, 0.29) is 12.4 Å². The minimum Gasteiger partial charge on any atom is -0.490 e. The summed E-state index contributed by atoms with van der Waals surface area (Å²) >= 11 is 0. The number of nitrogens with two attached hydrogens (primary N) is 2. The second-order valence-electron chi connectivity index (χ2n) is 7.14. The quantitative estimate of drug-likeness (QED) is 0.185. The van der Waals surface area contributed by atoms with Gasteiger partial charge in [0.15, 0.2) is 11.3 Å². The number of benzene rings is 2. The first-order chi connectivity index (χ1) is 15.6. The van der Waals surface area contributed by atoms with Gasteiger partial charge < -0.3 is 25.3 Å². The van der Waals surface area contributed by atoms with Crippen molar-refractivity contribution < 1.29 is 27.5 Å². The molecule has 3 aromatic rings. The van der Waals surface area contributed by atoms with Crippen LogP contribution >= 0.6 is 0 Å². The minimum absolute atomic E-state index is 0.103. The van der Waals surface area contributed by atoms with E-state index in [0.717, 1.165) is 0 Å². The highest BCUT2D eigenvalue weighted by Crippen LogP contribution is 2.34. The average molecular weight is 476 g/mol. The Bertz CT molecular complexity index is 1270. The van der Waals surface area contributed by atoms with Crippen molar-refractivity contribution in [1.29, 1.82) is 5.41 Å². The normalized spacial score (nSPS) is 12.3. The molecule has 1 aromatic heterocycles. The molecule has 176 valence electrons. The largest absolute Gasteiger partial charge is 0.490 e. The first kappa shape index (κ1) is 24.0. The van der Waals surface area contributed by atoms with E-state index in [1.165, 1.54) is 0 Å². The van der Waals surface area contributed by atoms with E-state index in [4.69, 9.17) is 25.4 Å². The third kappa shape index (κ3) is 6.00. The van der Waals surface area contributed by atoms with Gasteiger partial charge >= 0.3 is 0 Å². The fraction of sp³-hybridized carbons (Fsp3) is 0.238. The van der Waals surface area contributed by atoms with Gasteiger partial charge in [0.1, 0.15) is 17.6 Å². The number of fused-ring (bicyclic) bond motifs is 1. The van der Waals surface area contributed by atoms with Crippen LogP contribution in [-0.2, 0) is 21.4 Å². The molecule has 11 nitrogen and oxygen atoms in total. The lowest BCUT2D eigenvalue weighted by Gasteiger charge is -2.20. The number of ether oxygens (including phenoxy) is 1. The smallest absolute Gasteiger partial charge is 0.298 e. The summed E-state index contributed by atoms with van der Waals surface area (Å²) in [5.41, 5.74) is 7.27. The number of nitrogen functional groups attached to an aromatic ring is 1. The molecule has 0 aliphatic heterocycles. The number of carbonyl (C=O) groups is 1. The van der Waals surface area contributed by atoms with Crippen LogP contribution in [-0.4, -0.2) is 38.5 Å². The van der Waals surface area contributed by atoms with Crippen LogP contribution in [0.1, 0.15) is 29.9 Å². The Hall–Kier alpha value is -3.61. The standard InChI is InChI=1S/C21H25N5O6S/c1-2-31-17-11-13(9-14-10-16(7-8-27)32-19(14)17)18(21(28)26-33(24,29)30)25-15-5-3-12(4-6-15)20(22)23/h3-6,9-11,18,25,27H,2,7-8H2,1H3,(H3,22,23)(H,26,28)(H2,24,29,30). The lowest BCUT2D eigenvalue weighted by atomic mass is 10.0. The second-order valence-corrected chi connectivity index (χ2v) is 8.43. The van der Waals surface area contributed by atoms with E-state index >= 15 is 0 Å². The maximum atomic E-state index is 12.9. The van der Waals surface area contributed by atoms with Crippen molar-refractivity contribution in [3.05, 3.63) is 59.4 Å². The van der Waals surface area contributed by atoms with Crippen molar-refractivity contribution in [1.82, 2.24) is 4.72 Å². The zero-order valence-electron chi connectivity index (χ0n) is 17.8. The molecule has 33 heavy (non-hydrogen) atoms. The molecule has 1 atom stereocenters. The van der Waals surface area contributed by atoms with Crippen molar-refractivity contribution >= 4 is 38.6 Å². The van der Waals surface area contributed by atoms with Crippen LogP contribution in [0.3, 0.4) is 0 Å². The summed E-state index contributed by atoms with van der Waals surface area (Å²) in [6.07, 6.45) is 0.297. The number of nitrogens with one attached hydrogen (secondary N) is 3. The van der Waals surface area contributed by atoms with Gasteiger partial charge in [-0.2, -0.15) is 8.42 Å². The number of anilines is 1. The molecule has 1 unspecified atom stereocenters. The summed E-state index contributed by atoms with van der Waals surface area (Å²) in [4.78, 5) is 12.9. The van der Waals surface area contributed by atoms with Crippen molar-refractivity contribution in [2.24, 2.45) is 10.9 Å². The lowest BCUT2D eigenvalue weighted by molar-refractivity contribution is -0.120. The second kappa shape index (κ2) is 9.90. The molecule has 8 N–H and O–H groups in total. The van der Waals surface area contributed by atoms with Gasteiger partial charge in [0.2, 0.25) is 0 Å². The molecule has 2 aromatic carbocycles. The number of amidine groups is 1. The van der Waals surface area contributed by atoms with Gasteiger partial charge in [0.05, 0.1) is 13.2 Å². The lowest BCUT2D eigenvalue weighted by Crippen LogP contribution is -2.41. The number of amides is 1. The predicted octanol–water partition coefficient (Wildman–Crippen LogP) is 1.12. The fourth-order valence-corrected chi connectivity index (χ4v) is 3.67. The third-order valence-electron chi connectivity index (χ3n) is 4.66. The number of hydrogen-bond donors (Lipinski definition) is 6. The summed E-state index contributed by atoms with van der Waals surface area (Å²) in [6, 6.07) is 10.2. The van der Waals surface area contributed by atoms with Crippen LogP contribution in [0.5, 0.6) is 5.75 Å². The van der Waals surface area contributed by atoms with Gasteiger partial charge in [-0.15, -0.1) is 0 Å². The van der Waals surface area contributed by atoms with Crippen molar-refractivity contribution in [2.45, 2.75) is 19.4 Å². The van der Waals surface area contributed by atoms with Gasteiger partial charge in [0, 0.05) is 23.1 Å². The highest BCUT2D eigenvalue weighted by molar-refractivity contribution is 7.87. The SMILES string of the molecule is CCOc1cc(C(Nc2ccc(C(=N)N)cc2)C(=O)NS(N)(=O)=O)cc2cc(CCO)oc12. The number of furan rings is 1. The highest BCUT2D eigenvalue weighted by atomic mass is 32.2. The molecule has 0 bridgehead atoms. The minimum atomic E-state index is -4.31. The van der Waals surface area contributed by atoms with Crippen LogP contribution in [0, 0.1) is 5.41 Å². The number of aliphatic hydroxyl groups is 1. The maximum absolute atomic E-state index is 12.9. The Morgan fingerprint density at radius 3 is 2.52 bits per heavy atom. The summed E-state index contributed by atoms with van der Waals surface area (Å²) < 4.78 is 36.3.